The van der Waals surface area contributed by atoms with Crippen LogP contribution in [0.15, 0.2) is 24.3 Å². The van der Waals surface area contributed by atoms with Crippen molar-refractivity contribution in [3.63, 3.8) is 0 Å². The Labute approximate surface area is 93.9 Å². The molecule has 0 atom stereocenters. The first-order valence-electron chi connectivity index (χ1n) is 5.06. The second kappa shape index (κ2) is 7.09. The molecule has 4 heteroatoms. The molecule has 1 aromatic rings. The third-order valence-corrected chi connectivity index (χ3v) is 2.02. The van der Waals surface area contributed by atoms with Gasteiger partial charge in [0.1, 0.15) is 0 Å². The summed E-state index contributed by atoms with van der Waals surface area (Å²) in [5, 5.41) is 3.06. The van der Waals surface area contributed by atoms with Gasteiger partial charge in [0.05, 0.1) is 6.61 Å². The molecule has 0 saturated carbocycles. The molecular weight excluding hydrogens is 212 g/mol. The summed E-state index contributed by atoms with van der Waals surface area (Å²) in [5.41, 5.74) is 0.258. The molecule has 0 amide bonds. The van der Waals surface area contributed by atoms with Crippen molar-refractivity contribution in [3.05, 3.63) is 41.5 Å². The minimum atomic E-state index is -0.825. The molecule has 0 aromatic heterocycles. The highest BCUT2D eigenvalue weighted by Crippen LogP contribution is 2.12. The van der Waals surface area contributed by atoms with Gasteiger partial charge >= 0.3 is 0 Å². The van der Waals surface area contributed by atoms with Crippen LogP contribution in [0.5, 0.6) is 0 Å². The number of hydrogen-bond acceptors (Lipinski definition) is 2. The van der Waals surface area contributed by atoms with E-state index in [1.54, 1.807) is 19.3 Å². The van der Waals surface area contributed by atoms with E-state index in [0.29, 0.717) is 13.2 Å². The second-order valence-corrected chi connectivity index (χ2v) is 3.24. The van der Waals surface area contributed by atoms with Crippen LogP contribution in [0, 0.1) is 11.6 Å². The van der Waals surface area contributed by atoms with Gasteiger partial charge < -0.3 is 10.1 Å². The van der Waals surface area contributed by atoms with E-state index >= 15 is 0 Å². The zero-order chi connectivity index (χ0) is 11.8. The molecule has 1 aromatic carbocycles. The van der Waals surface area contributed by atoms with Gasteiger partial charge in [0.25, 0.3) is 0 Å². The summed E-state index contributed by atoms with van der Waals surface area (Å²) >= 11 is 0. The summed E-state index contributed by atoms with van der Waals surface area (Å²) in [7, 11) is 1.62. The van der Waals surface area contributed by atoms with Crippen LogP contribution in [0.1, 0.15) is 5.56 Å². The Balaban J connectivity index is 2.41. The van der Waals surface area contributed by atoms with E-state index in [9.17, 15) is 8.78 Å². The standard InChI is InChI=1S/C12H15F2NO/c1-16-9-8-15-7-3-5-10-4-2-6-11(13)12(10)14/h2-6,15H,7-9H2,1H3. The smallest absolute Gasteiger partial charge is 0.166 e. The van der Waals surface area contributed by atoms with E-state index in [0.717, 1.165) is 12.6 Å². The highest BCUT2D eigenvalue weighted by Gasteiger charge is 2.03. The molecule has 88 valence electrons. The first-order chi connectivity index (χ1) is 7.75. The van der Waals surface area contributed by atoms with Gasteiger partial charge in [-0.25, -0.2) is 8.78 Å². The van der Waals surface area contributed by atoms with Crippen LogP contribution < -0.4 is 5.32 Å². The second-order valence-electron chi connectivity index (χ2n) is 3.24. The van der Waals surface area contributed by atoms with Crippen LogP contribution in [0.4, 0.5) is 8.78 Å². The monoisotopic (exact) mass is 227 g/mol. The lowest BCUT2D eigenvalue weighted by molar-refractivity contribution is 0.200. The van der Waals surface area contributed by atoms with Crippen molar-refractivity contribution >= 4 is 6.08 Å². The molecule has 0 unspecified atom stereocenters. The zero-order valence-electron chi connectivity index (χ0n) is 9.17. The molecule has 0 bridgehead atoms. The third-order valence-electron chi connectivity index (χ3n) is 2.02. The number of benzene rings is 1. The predicted octanol–water partition coefficient (Wildman–Crippen LogP) is 2.21. The number of rotatable bonds is 6. The van der Waals surface area contributed by atoms with Gasteiger partial charge in [-0.15, -0.1) is 0 Å². The average Bonchev–Trinajstić information content (AvgIpc) is 2.29. The van der Waals surface area contributed by atoms with Crippen molar-refractivity contribution in [2.24, 2.45) is 0 Å². The first kappa shape index (κ1) is 12.8. The Hall–Kier alpha value is -1.26. The van der Waals surface area contributed by atoms with Crippen LogP contribution in [0.2, 0.25) is 0 Å². The Bertz CT molecular complexity index is 353. The molecule has 0 fully saturated rings. The van der Waals surface area contributed by atoms with Crippen LogP contribution >= 0.6 is 0 Å². The molecule has 0 aliphatic carbocycles. The SMILES string of the molecule is COCCNCC=Cc1cccc(F)c1F. The quantitative estimate of drug-likeness (QED) is 0.752. The minimum absolute atomic E-state index is 0.258. The van der Waals surface area contributed by atoms with Crippen molar-refractivity contribution in [1.29, 1.82) is 0 Å². The first-order valence-corrected chi connectivity index (χ1v) is 5.06. The van der Waals surface area contributed by atoms with Crippen molar-refractivity contribution in [1.82, 2.24) is 5.32 Å². The number of ether oxygens (including phenoxy) is 1. The normalized spacial score (nSPS) is 11.2. The highest BCUT2D eigenvalue weighted by molar-refractivity contribution is 5.50. The van der Waals surface area contributed by atoms with Gasteiger partial charge in [-0.1, -0.05) is 24.3 Å². The molecule has 0 aliphatic rings. The summed E-state index contributed by atoms with van der Waals surface area (Å²) in [4.78, 5) is 0. The lowest BCUT2D eigenvalue weighted by atomic mass is 10.2. The molecule has 16 heavy (non-hydrogen) atoms. The summed E-state index contributed by atoms with van der Waals surface area (Å²) in [6.45, 7) is 1.95. The van der Waals surface area contributed by atoms with E-state index < -0.39 is 11.6 Å². The lowest BCUT2D eigenvalue weighted by Gasteiger charge is -2.00. The molecule has 0 radical (unpaired) electrons. The molecule has 2 nitrogen and oxygen atoms in total. The van der Waals surface area contributed by atoms with Gasteiger partial charge in [-0.05, 0) is 6.07 Å². The van der Waals surface area contributed by atoms with E-state index in [-0.39, 0.29) is 5.56 Å². The largest absolute Gasteiger partial charge is 0.383 e. The van der Waals surface area contributed by atoms with E-state index in [1.807, 2.05) is 0 Å². The van der Waals surface area contributed by atoms with Gasteiger partial charge in [0, 0.05) is 25.8 Å². The van der Waals surface area contributed by atoms with Crippen LogP contribution in [-0.4, -0.2) is 26.8 Å². The number of nitrogens with one attached hydrogen (secondary N) is 1. The Morgan fingerprint density at radius 3 is 2.94 bits per heavy atom. The molecule has 0 aliphatic heterocycles. The maximum Gasteiger partial charge on any atom is 0.166 e. The maximum atomic E-state index is 13.2. The highest BCUT2D eigenvalue weighted by atomic mass is 19.2. The van der Waals surface area contributed by atoms with E-state index in [1.165, 1.54) is 12.1 Å². The average molecular weight is 227 g/mol. The van der Waals surface area contributed by atoms with Gasteiger partial charge in [0.15, 0.2) is 11.6 Å². The Morgan fingerprint density at radius 2 is 2.19 bits per heavy atom. The number of hydrogen-bond donors (Lipinski definition) is 1. The fourth-order valence-electron chi connectivity index (χ4n) is 1.19. The maximum absolute atomic E-state index is 13.2. The zero-order valence-corrected chi connectivity index (χ0v) is 9.17. The van der Waals surface area contributed by atoms with Crippen molar-refractivity contribution in [2.75, 3.05) is 26.8 Å². The molecule has 1 rings (SSSR count). The van der Waals surface area contributed by atoms with Crippen molar-refractivity contribution in [2.45, 2.75) is 0 Å². The van der Waals surface area contributed by atoms with Crippen molar-refractivity contribution < 1.29 is 13.5 Å². The Kier molecular flexibility index (Phi) is 5.67. The minimum Gasteiger partial charge on any atom is -0.383 e. The van der Waals surface area contributed by atoms with Crippen LogP contribution in [0.25, 0.3) is 6.08 Å². The summed E-state index contributed by atoms with van der Waals surface area (Å²) in [6, 6.07) is 4.12. The fraction of sp³-hybridized carbons (Fsp3) is 0.333. The number of methoxy groups -OCH3 is 1. The topological polar surface area (TPSA) is 21.3 Å². The summed E-state index contributed by atoms with van der Waals surface area (Å²) < 4.78 is 30.8. The Morgan fingerprint density at radius 1 is 1.38 bits per heavy atom. The van der Waals surface area contributed by atoms with E-state index in [4.69, 9.17) is 4.74 Å². The van der Waals surface area contributed by atoms with Gasteiger partial charge in [-0.3, -0.25) is 0 Å². The molecule has 0 saturated heterocycles. The predicted molar refractivity (Wildman–Crippen MR) is 60.1 cm³/mol. The molecule has 1 N–H and O–H groups in total. The summed E-state index contributed by atoms with van der Waals surface area (Å²) in [6.07, 6.45) is 3.30. The van der Waals surface area contributed by atoms with Crippen LogP contribution in [0.3, 0.4) is 0 Å². The van der Waals surface area contributed by atoms with Crippen molar-refractivity contribution in [3.8, 4) is 0 Å². The summed E-state index contributed by atoms with van der Waals surface area (Å²) in [5.74, 6) is -1.63. The fourth-order valence-corrected chi connectivity index (χ4v) is 1.19. The molecular formula is C12H15F2NO. The number of halogens is 2. The molecule has 0 heterocycles. The van der Waals surface area contributed by atoms with E-state index in [2.05, 4.69) is 5.32 Å². The third kappa shape index (κ3) is 4.08. The van der Waals surface area contributed by atoms with Gasteiger partial charge in [0.2, 0.25) is 0 Å². The molecule has 0 spiro atoms. The van der Waals surface area contributed by atoms with Gasteiger partial charge in [-0.2, -0.15) is 0 Å². The van der Waals surface area contributed by atoms with Crippen LogP contribution in [-0.2, 0) is 4.74 Å². The lowest BCUT2D eigenvalue weighted by Crippen LogP contribution is -2.18.